The van der Waals surface area contributed by atoms with E-state index in [0.29, 0.717) is 18.8 Å². The number of benzene rings is 1. The van der Waals surface area contributed by atoms with Crippen LogP contribution in [0.15, 0.2) is 30.3 Å². The van der Waals surface area contributed by atoms with Crippen LogP contribution in [0.25, 0.3) is 0 Å². The maximum absolute atomic E-state index is 6.14. The summed E-state index contributed by atoms with van der Waals surface area (Å²) in [6.07, 6.45) is 3.71. The average molecular weight is 276 g/mol. The van der Waals surface area contributed by atoms with Crippen LogP contribution in [0.4, 0.5) is 0 Å². The molecule has 20 heavy (non-hydrogen) atoms. The maximum Gasteiger partial charge on any atom is 0.0568 e. The fourth-order valence-corrected chi connectivity index (χ4v) is 3.46. The highest BCUT2D eigenvalue weighted by atomic mass is 16.5. The summed E-state index contributed by atoms with van der Waals surface area (Å²) >= 11 is 0. The quantitative estimate of drug-likeness (QED) is 0.898. The molecular weight excluding hydrogens is 248 g/mol. The Labute approximate surface area is 123 Å². The lowest BCUT2D eigenvalue weighted by Gasteiger charge is -2.48. The second-order valence-electron chi connectivity index (χ2n) is 6.25. The van der Waals surface area contributed by atoms with E-state index >= 15 is 0 Å². The lowest BCUT2D eigenvalue weighted by atomic mass is 9.82. The highest BCUT2D eigenvalue weighted by molar-refractivity contribution is 5.15. The first kappa shape index (κ1) is 15.5. The third-order valence-electron chi connectivity index (χ3n) is 4.57. The number of ether oxygens (including phenoxy) is 1. The molecule has 0 aliphatic carbocycles. The van der Waals surface area contributed by atoms with Crippen LogP contribution in [-0.2, 0) is 11.2 Å². The van der Waals surface area contributed by atoms with Gasteiger partial charge in [0.1, 0.15) is 0 Å². The molecule has 0 saturated carbocycles. The smallest absolute Gasteiger partial charge is 0.0568 e. The standard InChI is InChI=1S/C17H28N2O/c1-14-11-17(13-18,12-15(2)20-14)19(3)10-9-16-7-5-4-6-8-16/h4-8,14-15H,9-13,18H2,1-3H3. The Balaban J connectivity index is 1.99. The van der Waals surface area contributed by atoms with Crippen molar-refractivity contribution in [1.29, 1.82) is 0 Å². The van der Waals surface area contributed by atoms with Crippen molar-refractivity contribution in [3.05, 3.63) is 35.9 Å². The van der Waals surface area contributed by atoms with E-state index in [-0.39, 0.29) is 5.54 Å². The minimum absolute atomic E-state index is 0.0892. The average Bonchev–Trinajstić information content (AvgIpc) is 2.44. The van der Waals surface area contributed by atoms with Gasteiger partial charge in [0.15, 0.2) is 0 Å². The third-order valence-corrected chi connectivity index (χ3v) is 4.57. The number of hydrogen-bond acceptors (Lipinski definition) is 3. The van der Waals surface area contributed by atoms with Gasteiger partial charge in [-0.1, -0.05) is 30.3 Å². The molecule has 3 heteroatoms. The summed E-state index contributed by atoms with van der Waals surface area (Å²) in [5.41, 5.74) is 7.61. The highest BCUT2D eigenvalue weighted by Crippen LogP contribution is 2.32. The molecule has 1 heterocycles. The van der Waals surface area contributed by atoms with E-state index in [1.165, 1.54) is 5.56 Å². The number of hydrogen-bond donors (Lipinski definition) is 1. The number of nitrogens with zero attached hydrogens (tertiary/aromatic N) is 1. The van der Waals surface area contributed by atoms with E-state index in [4.69, 9.17) is 10.5 Å². The largest absolute Gasteiger partial charge is 0.375 e. The molecule has 112 valence electrons. The van der Waals surface area contributed by atoms with Crippen molar-refractivity contribution in [1.82, 2.24) is 4.90 Å². The van der Waals surface area contributed by atoms with Gasteiger partial charge in [-0.05, 0) is 45.7 Å². The highest BCUT2D eigenvalue weighted by Gasteiger charge is 2.40. The summed E-state index contributed by atoms with van der Waals surface area (Å²) in [5.74, 6) is 0. The fraction of sp³-hybridized carbons (Fsp3) is 0.647. The molecule has 0 aromatic heterocycles. The number of likely N-dealkylation sites (N-methyl/N-ethyl adjacent to an activating group) is 1. The van der Waals surface area contributed by atoms with Crippen LogP contribution >= 0.6 is 0 Å². The lowest BCUT2D eigenvalue weighted by Crippen LogP contribution is -2.58. The summed E-state index contributed by atoms with van der Waals surface area (Å²) in [6.45, 7) is 6.06. The molecule has 2 N–H and O–H groups in total. The number of rotatable bonds is 5. The first-order chi connectivity index (χ1) is 9.55. The SMILES string of the molecule is CC1CC(CN)(N(C)CCc2ccccc2)CC(C)O1. The van der Waals surface area contributed by atoms with Gasteiger partial charge in [0.05, 0.1) is 12.2 Å². The Kier molecular flexibility index (Phi) is 5.19. The Morgan fingerprint density at radius 3 is 2.35 bits per heavy atom. The zero-order valence-electron chi connectivity index (χ0n) is 13.0. The Hall–Kier alpha value is -0.900. The Morgan fingerprint density at radius 1 is 1.20 bits per heavy atom. The van der Waals surface area contributed by atoms with Crippen LogP contribution in [0.5, 0.6) is 0 Å². The zero-order valence-corrected chi connectivity index (χ0v) is 13.0. The van der Waals surface area contributed by atoms with Crippen molar-refractivity contribution < 1.29 is 4.74 Å². The van der Waals surface area contributed by atoms with E-state index in [9.17, 15) is 0 Å². The van der Waals surface area contributed by atoms with Gasteiger partial charge in [-0.25, -0.2) is 0 Å². The summed E-state index contributed by atoms with van der Waals surface area (Å²) in [7, 11) is 2.21. The van der Waals surface area contributed by atoms with E-state index < -0.39 is 0 Å². The summed E-state index contributed by atoms with van der Waals surface area (Å²) < 4.78 is 5.87. The zero-order chi connectivity index (χ0) is 14.6. The van der Waals surface area contributed by atoms with Crippen molar-refractivity contribution in [2.75, 3.05) is 20.1 Å². The molecule has 1 aromatic carbocycles. The first-order valence-electron chi connectivity index (χ1n) is 7.66. The van der Waals surface area contributed by atoms with E-state index in [1.54, 1.807) is 0 Å². The second kappa shape index (κ2) is 6.70. The minimum atomic E-state index is 0.0892. The Bertz CT molecular complexity index is 397. The molecular formula is C17H28N2O. The third kappa shape index (κ3) is 3.60. The molecule has 0 spiro atoms. The minimum Gasteiger partial charge on any atom is -0.375 e. The Morgan fingerprint density at radius 2 is 1.80 bits per heavy atom. The van der Waals surface area contributed by atoms with E-state index in [0.717, 1.165) is 25.8 Å². The van der Waals surface area contributed by atoms with Crippen LogP contribution in [0.1, 0.15) is 32.3 Å². The molecule has 2 atom stereocenters. The van der Waals surface area contributed by atoms with Crippen LogP contribution in [0, 0.1) is 0 Å². The van der Waals surface area contributed by atoms with Crippen molar-refractivity contribution in [3.8, 4) is 0 Å². The van der Waals surface area contributed by atoms with Gasteiger partial charge in [0.2, 0.25) is 0 Å². The molecule has 1 aromatic rings. The topological polar surface area (TPSA) is 38.5 Å². The summed E-state index contributed by atoms with van der Waals surface area (Å²) in [4.78, 5) is 2.45. The van der Waals surface area contributed by atoms with Gasteiger partial charge in [0, 0.05) is 18.6 Å². The fourth-order valence-electron chi connectivity index (χ4n) is 3.46. The molecule has 0 radical (unpaired) electrons. The molecule has 0 bridgehead atoms. The van der Waals surface area contributed by atoms with Crippen molar-refractivity contribution in [2.24, 2.45) is 5.73 Å². The summed E-state index contributed by atoms with van der Waals surface area (Å²) in [5, 5.41) is 0. The lowest BCUT2D eigenvalue weighted by molar-refractivity contribution is -0.0972. The van der Waals surface area contributed by atoms with Crippen LogP contribution < -0.4 is 5.73 Å². The second-order valence-corrected chi connectivity index (χ2v) is 6.25. The van der Waals surface area contributed by atoms with Gasteiger partial charge >= 0.3 is 0 Å². The number of nitrogens with two attached hydrogens (primary N) is 1. The van der Waals surface area contributed by atoms with Crippen LogP contribution in [-0.4, -0.2) is 42.8 Å². The van der Waals surface area contributed by atoms with Crippen LogP contribution in [0.3, 0.4) is 0 Å². The predicted molar refractivity (Wildman–Crippen MR) is 83.8 cm³/mol. The molecule has 1 aliphatic rings. The van der Waals surface area contributed by atoms with Crippen molar-refractivity contribution in [3.63, 3.8) is 0 Å². The van der Waals surface area contributed by atoms with Gasteiger partial charge in [-0.2, -0.15) is 0 Å². The predicted octanol–water partition coefficient (Wildman–Crippen LogP) is 2.45. The molecule has 3 nitrogen and oxygen atoms in total. The van der Waals surface area contributed by atoms with Gasteiger partial charge in [-0.3, -0.25) is 4.90 Å². The molecule has 1 fully saturated rings. The van der Waals surface area contributed by atoms with E-state index in [2.05, 4.69) is 56.1 Å². The van der Waals surface area contributed by atoms with Gasteiger partial charge < -0.3 is 10.5 Å². The van der Waals surface area contributed by atoms with Gasteiger partial charge in [0.25, 0.3) is 0 Å². The van der Waals surface area contributed by atoms with Gasteiger partial charge in [-0.15, -0.1) is 0 Å². The molecule has 0 amide bonds. The molecule has 2 rings (SSSR count). The maximum atomic E-state index is 6.14. The monoisotopic (exact) mass is 276 g/mol. The molecule has 1 aliphatic heterocycles. The normalized spacial score (nSPS) is 30.6. The van der Waals surface area contributed by atoms with Crippen LogP contribution in [0.2, 0.25) is 0 Å². The molecule has 1 saturated heterocycles. The van der Waals surface area contributed by atoms with Crippen molar-refractivity contribution in [2.45, 2.75) is 50.9 Å². The van der Waals surface area contributed by atoms with E-state index in [1.807, 2.05) is 0 Å². The summed E-state index contributed by atoms with van der Waals surface area (Å²) in [6, 6.07) is 10.7. The first-order valence-corrected chi connectivity index (χ1v) is 7.66. The molecule has 2 unspecified atom stereocenters. The van der Waals surface area contributed by atoms with Crippen molar-refractivity contribution >= 4 is 0 Å².